The summed E-state index contributed by atoms with van der Waals surface area (Å²) in [5.41, 5.74) is 3.44. The summed E-state index contributed by atoms with van der Waals surface area (Å²) in [5, 5.41) is 0.994. The number of rotatable bonds is 3. The van der Waals surface area contributed by atoms with Crippen molar-refractivity contribution in [1.82, 2.24) is 4.98 Å². The first kappa shape index (κ1) is 14.8. The highest BCUT2D eigenvalue weighted by Crippen LogP contribution is 2.38. The molecule has 0 saturated heterocycles. The van der Waals surface area contributed by atoms with Gasteiger partial charge in [-0.05, 0) is 25.1 Å². The minimum atomic E-state index is 0.0492. The number of pyridine rings is 1. The second-order valence-corrected chi connectivity index (χ2v) is 6.76. The molecule has 2 aromatic heterocycles. The summed E-state index contributed by atoms with van der Waals surface area (Å²) in [6.07, 6.45) is 1.76. The topological polar surface area (TPSA) is 30.0 Å². The smallest absolute Gasteiger partial charge is 0.195 e. The molecule has 0 radical (unpaired) electrons. The molecule has 4 rings (SSSR count). The van der Waals surface area contributed by atoms with Crippen molar-refractivity contribution in [3.63, 3.8) is 0 Å². The van der Waals surface area contributed by atoms with Crippen LogP contribution in [-0.2, 0) is 0 Å². The Balaban J connectivity index is 1.96. The van der Waals surface area contributed by atoms with E-state index in [1.54, 1.807) is 17.5 Å². The molecular weight excluding hydrogens is 314 g/mol. The maximum absolute atomic E-state index is 13.2. The molecule has 0 amide bonds. The van der Waals surface area contributed by atoms with Crippen molar-refractivity contribution in [1.29, 1.82) is 0 Å². The molecule has 3 heteroatoms. The minimum absolute atomic E-state index is 0.0492. The number of nitrogens with zero attached hydrogens (tertiary/aromatic N) is 1. The Bertz CT molecular complexity index is 1020. The molecule has 2 aromatic carbocycles. The Labute approximate surface area is 144 Å². The maximum Gasteiger partial charge on any atom is 0.195 e. The van der Waals surface area contributed by atoms with Crippen LogP contribution in [0.2, 0.25) is 0 Å². The van der Waals surface area contributed by atoms with Gasteiger partial charge in [0.1, 0.15) is 0 Å². The van der Waals surface area contributed by atoms with Gasteiger partial charge in [-0.25, -0.2) is 0 Å². The van der Waals surface area contributed by atoms with E-state index in [4.69, 9.17) is 0 Å². The van der Waals surface area contributed by atoms with Gasteiger partial charge in [-0.15, -0.1) is 11.3 Å². The van der Waals surface area contributed by atoms with Gasteiger partial charge in [-0.1, -0.05) is 54.1 Å². The zero-order chi connectivity index (χ0) is 16.5. The Hall–Kier alpha value is -2.78. The average Bonchev–Trinajstić information content (AvgIpc) is 3.02. The fourth-order valence-corrected chi connectivity index (χ4v) is 3.97. The van der Waals surface area contributed by atoms with Gasteiger partial charge >= 0.3 is 0 Å². The van der Waals surface area contributed by atoms with Crippen molar-refractivity contribution in [2.45, 2.75) is 6.92 Å². The van der Waals surface area contributed by atoms with Gasteiger partial charge in [0.2, 0.25) is 0 Å². The normalized spacial score (nSPS) is 10.9. The standard InChI is InChI=1S/C21H15NOS/c1-14-9-11-15(12-10-14)20(23)19-16-6-2-3-8-18(16)24-21(19)17-7-4-5-13-22-17/h2-13H,1H3. The van der Waals surface area contributed by atoms with Crippen LogP contribution in [-0.4, -0.2) is 10.8 Å². The molecule has 0 bridgehead atoms. The van der Waals surface area contributed by atoms with Gasteiger partial charge in [0, 0.05) is 21.8 Å². The van der Waals surface area contributed by atoms with E-state index in [1.165, 1.54) is 0 Å². The predicted molar refractivity (Wildman–Crippen MR) is 99.7 cm³/mol. The highest BCUT2D eigenvalue weighted by molar-refractivity contribution is 7.22. The third kappa shape index (κ3) is 2.53. The second kappa shape index (κ2) is 6.02. The first-order chi connectivity index (χ1) is 11.7. The van der Waals surface area contributed by atoms with E-state index in [9.17, 15) is 4.79 Å². The number of thiophene rings is 1. The van der Waals surface area contributed by atoms with Crippen LogP contribution in [0, 0.1) is 6.92 Å². The summed E-state index contributed by atoms with van der Waals surface area (Å²) in [5.74, 6) is 0.0492. The summed E-state index contributed by atoms with van der Waals surface area (Å²) < 4.78 is 1.11. The summed E-state index contributed by atoms with van der Waals surface area (Å²) in [7, 11) is 0. The molecule has 0 fully saturated rings. The van der Waals surface area contributed by atoms with Crippen molar-refractivity contribution < 1.29 is 4.79 Å². The number of carbonyl (C=O) groups is 1. The Morgan fingerprint density at radius 1 is 0.917 bits per heavy atom. The van der Waals surface area contributed by atoms with Gasteiger partial charge in [-0.3, -0.25) is 9.78 Å². The number of hydrogen-bond acceptors (Lipinski definition) is 3. The molecule has 0 atom stereocenters. The van der Waals surface area contributed by atoms with Gasteiger partial charge < -0.3 is 0 Å². The number of hydrogen-bond donors (Lipinski definition) is 0. The Morgan fingerprint density at radius 3 is 2.42 bits per heavy atom. The first-order valence-electron chi connectivity index (χ1n) is 7.78. The average molecular weight is 329 g/mol. The lowest BCUT2D eigenvalue weighted by Crippen LogP contribution is -2.02. The molecular formula is C21H15NOS. The molecule has 2 nitrogen and oxygen atoms in total. The van der Waals surface area contributed by atoms with Crippen LogP contribution in [0.15, 0.2) is 72.9 Å². The van der Waals surface area contributed by atoms with Crippen LogP contribution in [0.1, 0.15) is 21.5 Å². The van der Waals surface area contributed by atoms with Crippen LogP contribution in [0.25, 0.3) is 20.7 Å². The molecule has 0 unspecified atom stereocenters. The van der Waals surface area contributed by atoms with Gasteiger partial charge in [-0.2, -0.15) is 0 Å². The van der Waals surface area contributed by atoms with Gasteiger partial charge in [0.05, 0.1) is 16.1 Å². The Morgan fingerprint density at radius 2 is 1.67 bits per heavy atom. The van der Waals surface area contributed by atoms with Crippen LogP contribution in [0.3, 0.4) is 0 Å². The minimum Gasteiger partial charge on any atom is -0.289 e. The quantitative estimate of drug-likeness (QED) is 0.464. The lowest BCUT2D eigenvalue weighted by atomic mass is 9.98. The number of aromatic nitrogens is 1. The molecule has 0 N–H and O–H groups in total. The molecule has 0 aliphatic heterocycles. The second-order valence-electron chi connectivity index (χ2n) is 5.71. The molecule has 24 heavy (non-hydrogen) atoms. The van der Waals surface area contributed by atoms with E-state index in [2.05, 4.69) is 11.1 Å². The number of carbonyl (C=O) groups excluding carboxylic acids is 1. The third-order valence-electron chi connectivity index (χ3n) is 4.03. The van der Waals surface area contributed by atoms with E-state index < -0.39 is 0 Å². The van der Waals surface area contributed by atoms with Crippen LogP contribution >= 0.6 is 11.3 Å². The maximum atomic E-state index is 13.2. The Kier molecular flexibility index (Phi) is 3.71. The zero-order valence-electron chi connectivity index (χ0n) is 13.2. The first-order valence-corrected chi connectivity index (χ1v) is 8.60. The summed E-state index contributed by atoms with van der Waals surface area (Å²) in [6, 6.07) is 21.6. The van der Waals surface area contributed by atoms with E-state index in [1.807, 2.05) is 67.6 Å². The molecule has 0 spiro atoms. The summed E-state index contributed by atoms with van der Waals surface area (Å²) in [4.78, 5) is 18.6. The third-order valence-corrected chi connectivity index (χ3v) is 5.23. The van der Waals surface area contributed by atoms with Crippen molar-refractivity contribution in [3.8, 4) is 10.6 Å². The van der Waals surface area contributed by atoms with Crippen LogP contribution < -0.4 is 0 Å². The van der Waals surface area contributed by atoms with E-state index >= 15 is 0 Å². The summed E-state index contributed by atoms with van der Waals surface area (Å²) >= 11 is 1.62. The number of aryl methyl sites for hydroxylation is 1. The highest BCUT2D eigenvalue weighted by atomic mass is 32.1. The summed E-state index contributed by atoms with van der Waals surface area (Å²) in [6.45, 7) is 2.02. The van der Waals surface area contributed by atoms with E-state index in [-0.39, 0.29) is 5.78 Å². The van der Waals surface area contributed by atoms with E-state index in [0.29, 0.717) is 5.56 Å². The molecule has 0 aliphatic carbocycles. The van der Waals surface area contributed by atoms with Gasteiger partial charge in [0.25, 0.3) is 0 Å². The highest BCUT2D eigenvalue weighted by Gasteiger charge is 2.21. The fourth-order valence-electron chi connectivity index (χ4n) is 2.80. The number of benzene rings is 2. The van der Waals surface area contributed by atoms with Crippen molar-refractivity contribution in [2.75, 3.05) is 0 Å². The van der Waals surface area contributed by atoms with Crippen molar-refractivity contribution >= 4 is 27.2 Å². The zero-order valence-corrected chi connectivity index (χ0v) is 14.0. The van der Waals surface area contributed by atoms with Crippen molar-refractivity contribution in [3.05, 3.63) is 89.6 Å². The fraction of sp³-hybridized carbons (Fsp3) is 0.0476. The molecule has 0 saturated carbocycles. The van der Waals surface area contributed by atoms with Crippen LogP contribution in [0.5, 0.6) is 0 Å². The molecule has 0 aliphatic rings. The molecule has 2 heterocycles. The van der Waals surface area contributed by atoms with E-state index in [0.717, 1.165) is 31.8 Å². The SMILES string of the molecule is Cc1ccc(C(=O)c2c(-c3ccccn3)sc3ccccc23)cc1. The lowest BCUT2D eigenvalue weighted by Gasteiger charge is -2.05. The number of fused-ring (bicyclic) bond motifs is 1. The van der Waals surface area contributed by atoms with Crippen LogP contribution in [0.4, 0.5) is 0 Å². The van der Waals surface area contributed by atoms with Crippen molar-refractivity contribution in [2.24, 2.45) is 0 Å². The molecule has 116 valence electrons. The largest absolute Gasteiger partial charge is 0.289 e. The monoisotopic (exact) mass is 329 g/mol. The molecule has 4 aromatic rings. The lowest BCUT2D eigenvalue weighted by molar-refractivity contribution is 0.104. The number of ketones is 1. The predicted octanol–water partition coefficient (Wildman–Crippen LogP) is 5.50. The van der Waals surface area contributed by atoms with Gasteiger partial charge in [0.15, 0.2) is 5.78 Å².